The van der Waals surface area contributed by atoms with Gasteiger partial charge in [-0.3, -0.25) is 19.2 Å². The third-order valence-electron chi connectivity index (χ3n) is 4.95. The maximum absolute atomic E-state index is 12.7. The lowest BCUT2D eigenvalue weighted by atomic mass is 9.95. The number of carboxylic acid groups (broad SMARTS) is 2. The van der Waals surface area contributed by atoms with Crippen LogP contribution in [0.1, 0.15) is 31.7 Å². The number of hydrogen-bond acceptors (Lipinski definition) is 5. The Kier molecular flexibility index (Phi) is 9.53. The lowest BCUT2D eigenvalue weighted by Crippen LogP contribution is -2.24. The van der Waals surface area contributed by atoms with Gasteiger partial charge >= 0.3 is 17.9 Å². The van der Waals surface area contributed by atoms with Gasteiger partial charge in [-0.05, 0) is 29.9 Å². The van der Waals surface area contributed by atoms with Gasteiger partial charge < -0.3 is 14.9 Å². The van der Waals surface area contributed by atoms with Crippen LogP contribution < -0.4 is 0 Å². The predicted molar refractivity (Wildman–Crippen MR) is 117 cm³/mol. The van der Waals surface area contributed by atoms with Crippen LogP contribution in [-0.2, 0) is 30.3 Å². The van der Waals surface area contributed by atoms with Crippen LogP contribution >= 0.6 is 0 Å². The molecule has 0 saturated heterocycles. The van der Waals surface area contributed by atoms with E-state index in [1.165, 1.54) is 0 Å². The first-order valence-corrected chi connectivity index (χ1v) is 10.3. The van der Waals surface area contributed by atoms with Crippen LogP contribution in [0.5, 0.6) is 0 Å². The summed E-state index contributed by atoms with van der Waals surface area (Å²) < 4.78 is 5.35. The molecule has 32 heavy (non-hydrogen) atoms. The summed E-state index contributed by atoms with van der Waals surface area (Å²) in [5.41, 5.74) is 1.79. The number of allylic oxidation sites excluding steroid dienone is 3. The van der Waals surface area contributed by atoms with Crippen molar-refractivity contribution in [2.45, 2.75) is 32.6 Å². The summed E-state index contributed by atoms with van der Waals surface area (Å²) in [5.74, 6) is -5.90. The van der Waals surface area contributed by atoms with Crippen molar-refractivity contribution < 1.29 is 34.1 Å². The third-order valence-corrected chi connectivity index (χ3v) is 4.95. The molecule has 0 radical (unpaired) electrons. The molecule has 1 amide bonds. The van der Waals surface area contributed by atoms with E-state index in [1.54, 1.807) is 24.3 Å². The number of nitrogens with zero attached hydrogens (tertiary/aromatic N) is 1. The molecule has 2 rings (SSSR count). The van der Waals surface area contributed by atoms with E-state index in [9.17, 15) is 19.2 Å². The van der Waals surface area contributed by atoms with Gasteiger partial charge in [-0.1, -0.05) is 55.5 Å². The zero-order chi connectivity index (χ0) is 23.5. The minimum absolute atomic E-state index is 0.142. The number of aliphatic imine (C=N–C) groups is 1. The minimum atomic E-state index is -1.44. The Labute approximate surface area is 186 Å². The average molecular weight is 441 g/mol. The van der Waals surface area contributed by atoms with E-state index in [2.05, 4.69) is 18.0 Å². The first-order valence-electron chi connectivity index (χ1n) is 10.3. The van der Waals surface area contributed by atoms with E-state index in [4.69, 9.17) is 14.9 Å². The first kappa shape index (κ1) is 24.7. The molecule has 0 aromatic heterocycles. The summed E-state index contributed by atoms with van der Waals surface area (Å²) in [7, 11) is 0. The number of esters is 1. The second-order valence-corrected chi connectivity index (χ2v) is 7.80. The van der Waals surface area contributed by atoms with Crippen molar-refractivity contribution in [1.82, 2.24) is 0 Å². The summed E-state index contributed by atoms with van der Waals surface area (Å²) in [6.45, 7) is 2.20. The molecule has 170 valence electrons. The van der Waals surface area contributed by atoms with Crippen molar-refractivity contribution in [2.75, 3.05) is 6.61 Å². The van der Waals surface area contributed by atoms with Crippen LogP contribution in [0.3, 0.4) is 0 Å². The zero-order valence-electron chi connectivity index (χ0n) is 17.8. The minimum Gasteiger partial charge on any atom is -0.481 e. The Balaban J connectivity index is 2.06. The topological polar surface area (TPSA) is 130 Å². The number of hydrogen-bond donors (Lipinski definition) is 2. The lowest BCUT2D eigenvalue weighted by Gasteiger charge is -2.16. The highest BCUT2D eigenvalue weighted by atomic mass is 16.5. The van der Waals surface area contributed by atoms with Gasteiger partial charge in [-0.25, -0.2) is 4.99 Å². The second-order valence-electron chi connectivity index (χ2n) is 7.80. The van der Waals surface area contributed by atoms with Gasteiger partial charge in [0.2, 0.25) is 5.91 Å². The number of carboxylic acids is 2. The summed E-state index contributed by atoms with van der Waals surface area (Å²) in [4.78, 5) is 50.8. The van der Waals surface area contributed by atoms with E-state index >= 15 is 0 Å². The van der Waals surface area contributed by atoms with Crippen molar-refractivity contribution in [3.8, 4) is 0 Å². The fourth-order valence-electron chi connectivity index (χ4n) is 3.28. The molecule has 1 aliphatic carbocycles. The summed E-state index contributed by atoms with van der Waals surface area (Å²) in [6.07, 6.45) is 6.80. The zero-order valence-corrected chi connectivity index (χ0v) is 17.8. The van der Waals surface area contributed by atoms with Crippen LogP contribution in [0.25, 0.3) is 0 Å². The van der Waals surface area contributed by atoms with E-state index < -0.39 is 42.1 Å². The summed E-state index contributed by atoms with van der Waals surface area (Å²) >= 11 is 0. The number of amides is 1. The highest BCUT2D eigenvalue weighted by Gasteiger charge is 2.25. The molecule has 3 atom stereocenters. The number of rotatable bonds is 11. The molecular weight excluding hydrogens is 414 g/mol. The molecule has 0 saturated carbocycles. The van der Waals surface area contributed by atoms with E-state index in [0.29, 0.717) is 5.92 Å². The molecule has 8 heteroatoms. The fourth-order valence-corrected chi connectivity index (χ4v) is 3.28. The maximum Gasteiger partial charge on any atom is 0.312 e. The Hall–Kier alpha value is -3.55. The van der Waals surface area contributed by atoms with Gasteiger partial charge in [0.1, 0.15) is 12.5 Å². The van der Waals surface area contributed by atoms with Crippen molar-refractivity contribution in [3.05, 3.63) is 59.7 Å². The number of benzene rings is 1. The Bertz CT molecular complexity index is 918. The molecule has 1 aromatic carbocycles. The maximum atomic E-state index is 12.7. The fraction of sp³-hybridized carbons (Fsp3) is 0.375. The van der Waals surface area contributed by atoms with Gasteiger partial charge in [-0.2, -0.15) is 0 Å². The summed E-state index contributed by atoms with van der Waals surface area (Å²) in [5, 5.41) is 17.9. The van der Waals surface area contributed by atoms with Gasteiger partial charge in [0.05, 0.1) is 18.8 Å². The third kappa shape index (κ3) is 8.67. The second kappa shape index (κ2) is 12.3. The Morgan fingerprint density at radius 3 is 2.50 bits per heavy atom. The average Bonchev–Trinajstić information content (AvgIpc) is 2.75. The van der Waals surface area contributed by atoms with Crippen LogP contribution in [-0.4, -0.2) is 46.8 Å². The van der Waals surface area contributed by atoms with E-state index in [1.807, 2.05) is 18.2 Å². The molecule has 0 spiro atoms. The van der Waals surface area contributed by atoms with Crippen molar-refractivity contribution in [1.29, 1.82) is 0 Å². The summed E-state index contributed by atoms with van der Waals surface area (Å²) in [6, 6.07) is 9.04. The smallest absolute Gasteiger partial charge is 0.312 e. The van der Waals surface area contributed by atoms with Gasteiger partial charge in [0.25, 0.3) is 0 Å². The standard InChI is InChI=1S/C24H27NO7/c1-16-6-5-9-18(10-16)15-32-22(28)13-19(11-17-7-3-2-4-8-17)23(29)25-14-20(24(30)31)12-21(26)27/h2-9,14,16,19-20H,10-13,15H2,1H3,(H,26,27)(H,30,31)/t16?,19-,20?/m1/s1. The highest BCUT2D eigenvalue weighted by Crippen LogP contribution is 2.20. The number of aliphatic carboxylic acids is 2. The molecule has 8 nitrogen and oxygen atoms in total. The first-order chi connectivity index (χ1) is 15.2. The molecule has 0 aliphatic heterocycles. The lowest BCUT2D eigenvalue weighted by molar-refractivity contribution is -0.146. The van der Waals surface area contributed by atoms with Crippen LogP contribution in [0.15, 0.2) is 59.1 Å². The molecule has 1 aromatic rings. The number of ether oxygens (including phenoxy) is 1. The molecule has 2 N–H and O–H groups in total. The van der Waals surface area contributed by atoms with E-state index in [-0.39, 0.29) is 19.4 Å². The van der Waals surface area contributed by atoms with Crippen LogP contribution in [0, 0.1) is 17.8 Å². The quantitative estimate of drug-likeness (QED) is 0.399. The van der Waals surface area contributed by atoms with Crippen LogP contribution in [0.4, 0.5) is 0 Å². The number of carbonyl (C=O) groups excluding carboxylic acids is 2. The van der Waals surface area contributed by atoms with Gasteiger partial charge in [-0.15, -0.1) is 0 Å². The Morgan fingerprint density at radius 2 is 1.88 bits per heavy atom. The largest absolute Gasteiger partial charge is 0.481 e. The molecule has 0 bridgehead atoms. The molecular formula is C24H27NO7. The van der Waals surface area contributed by atoms with E-state index in [0.717, 1.165) is 23.8 Å². The van der Waals surface area contributed by atoms with Crippen molar-refractivity contribution >= 4 is 30.0 Å². The highest BCUT2D eigenvalue weighted by molar-refractivity contribution is 5.98. The molecule has 2 unspecified atom stereocenters. The molecule has 1 aliphatic rings. The monoisotopic (exact) mass is 441 g/mol. The SMILES string of the molecule is CC1C=CC=C(COC(=O)C[C@@H](Cc2ccccc2)C(=O)N=CC(CC(=O)O)C(=O)O)C1. The number of carbonyl (C=O) groups is 4. The van der Waals surface area contributed by atoms with Crippen molar-refractivity contribution in [3.63, 3.8) is 0 Å². The normalized spacial score (nSPS) is 17.4. The molecule has 0 fully saturated rings. The van der Waals surface area contributed by atoms with Crippen LogP contribution in [0.2, 0.25) is 0 Å². The van der Waals surface area contributed by atoms with Gasteiger partial charge in [0.15, 0.2) is 0 Å². The Morgan fingerprint density at radius 1 is 1.16 bits per heavy atom. The molecule has 0 heterocycles. The van der Waals surface area contributed by atoms with Gasteiger partial charge in [0, 0.05) is 6.21 Å². The van der Waals surface area contributed by atoms with Crippen molar-refractivity contribution in [2.24, 2.45) is 22.7 Å². The predicted octanol–water partition coefficient (Wildman–Crippen LogP) is 3.07.